The molecule has 0 unspecified atom stereocenters. The number of hydrogen-bond acceptors (Lipinski definition) is 7. The van der Waals surface area contributed by atoms with Gasteiger partial charge in [-0.2, -0.15) is 0 Å². The van der Waals surface area contributed by atoms with Gasteiger partial charge in [0.05, 0.1) is 5.69 Å². The van der Waals surface area contributed by atoms with E-state index in [1.807, 2.05) is 67.6 Å². The summed E-state index contributed by atoms with van der Waals surface area (Å²) >= 11 is 1.59. The van der Waals surface area contributed by atoms with Crippen molar-refractivity contribution in [1.29, 1.82) is 0 Å². The third-order valence-corrected chi connectivity index (χ3v) is 7.92. The molecule has 0 aliphatic rings. The number of aryl methyl sites for hydroxylation is 1. The zero-order chi connectivity index (χ0) is 27.8. The van der Waals surface area contributed by atoms with Gasteiger partial charge in [0.2, 0.25) is 0 Å². The van der Waals surface area contributed by atoms with Crippen LogP contribution in [0.2, 0.25) is 0 Å². The van der Waals surface area contributed by atoms with Gasteiger partial charge in [0.25, 0.3) is 0 Å². The molecule has 7 aromatic rings. The number of nitrogens with zero attached hydrogens (tertiary/aromatic N) is 4. The first-order chi connectivity index (χ1) is 20.1. The molecule has 0 saturated carbocycles. The molecule has 0 aliphatic heterocycles. The Kier molecular flexibility index (Phi) is 6.29. The van der Waals surface area contributed by atoms with Crippen molar-refractivity contribution in [3.63, 3.8) is 0 Å². The Bertz CT molecular complexity index is 2000. The first kappa shape index (κ1) is 24.8. The van der Waals surface area contributed by atoms with Crippen LogP contribution in [0.4, 0.5) is 17.2 Å². The number of nitrogens with two attached hydrogens (primary N) is 1. The highest BCUT2D eigenvalue weighted by Gasteiger charge is 2.13. The summed E-state index contributed by atoms with van der Waals surface area (Å²) in [7, 11) is 0. The van der Waals surface area contributed by atoms with Crippen molar-refractivity contribution in [1.82, 2.24) is 25.1 Å². The largest absolute Gasteiger partial charge is 0.398 e. The molecule has 0 aliphatic carbocycles. The molecule has 0 saturated heterocycles. The number of aromatic amines is 1. The SMILES string of the molecule is Cc1ccc(-c2nnc(Nc3ccc(Sc4ccnc(-c5cc6ccccc6[nH]5)n4)cc3)c3ccccc23)cc1N. The second-order valence-corrected chi connectivity index (χ2v) is 10.8. The first-order valence-electron chi connectivity index (χ1n) is 13.2. The molecule has 4 aromatic carbocycles. The molecular formula is C33H25N7S. The van der Waals surface area contributed by atoms with E-state index in [1.54, 1.807) is 18.0 Å². The summed E-state index contributed by atoms with van der Waals surface area (Å²) in [5.74, 6) is 1.37. The molecule has 3 heterocycles. The number of anilines is 3. The van der Waals surface area contributed by atoms with Crippen molar-refractivity contribution < 1.29 is 0 Å². The van der Waals surface area contributed by atoms with Crippen LogP contribution in [0.15, 0.2) is 119 Å². The number of para-hydroxylation sites is 1. The lowest BCUT2D eigenvalue weighted by atomic mass is 10.0. The van der Waals surface area contributed by atoms with E-state index in [4.69, 9.17) is 10.7 Å². The number of rotatable bonds is 6. The molecule has 41 heavy (non-hydrogen) atoms. The summed E-state index contributed by atoms with van der Waals surface area (Å²) in [5.41, 5.74) is 12.6. The summed E-state index contributed by atoms with van der Waals surface area (Å²) in [6.45, 7) is 2.00. The summed E-state index contributed by atoms with van der Waals surface area (Å²) in [6.07, 6.45) is 1.80. The van der Waals surface area contributed by atoms with E-state index < -0.39 is 0 Å². The zero-order valence-electron chi connectivity index (χ0n) is 22.2. The van der Waals surface area contributed by atoms with Crippen LogP contribution in [0.25, 0.3) is 44.5 Å². The molecule has 0 amide bonds. The summed E-state index contributed by atoms with van der Waals surface area (Å²) in [5, 5.41) is 16.6. The van der Waals surface area contributed by atoms with Crippen LogP contribution < -0.4 is 11.1 Å². The minimum atomic E-state index is 0.673. The Hall–Kier alpha value is -5.21. The number of aromatic nitrogens is 5. The van der Waals surface area contributed by atoms with E-state index in [2.05, 4.69) is 67.9 Å². The van der Waals surface area contributed by atoms with Crippen molar-refractivity contribution in [2.45, 2.75) is 16.8 Å². The van der Waals surface area contributed by atoms with Gasteiger partial charge >= 0.3 is 0 Å². The highest BCUT2D eigenvalue weighted by Crippen LogP contribution is 2.33. The lowest BCUT2D eigenvalue weighted by Crippen LogP contribution is -2.00. The average Bonchev–Trinajstić information content (AvgIpc) is 3.45. The fourth-order valence-corrected chi connectivity index (χ4v) is 5.56. The van der Waals surface area contributed by atoms with Gasteiger partial charge in [0, 0.05) is 49.7 Å². The predicted octanol–water partition coefficient (Wildman–Crippen LogP) is 8.02. The number of fused-ring (bicyclic) bond motifs is 2. The van der Waals surface area contributed by atoms with Crippen LogP contribution >= 0.6 is 11.8 Å². The van der Waals surface area contributed by atoms with Gasteiger partial charge in [-0.3, -0.25) is 0 Å². The van der Waals surface area contributed by atoms with Crippen molar-refractivity contribution in [3.05, 3.63) is 115 Å². The Labute approximate surface area is 240 Å². The van der Waals surface area contributed by atoms with E-state index in [-0.39, 0.29) is 0 Å². The second-order valence-electron chi connectivity index (χ2n) is 9.75. The molecule has 0 bridgehead atoms. The zero-order valence-corrected chi connectivity index (χ0v) is 23.0. The third-order valence-electron chi connectivity index (χ3n) is 6.98. The Morgan fingerprint density at radius 1 is 0.805 bits per heavy atom. The average molecular weight is 552 g/mol. The van der Waals surface area contributed by atoms with E-state index in [0.29, 0.717) is 11.6 Å². The van der Waals surface area contributed by atoms with Crippen molar-refractivity contribution in [2.24, 2.45) is 0 Å². The molecule has 7 rings (SSSR count). The maximum Gasteiger partial charge on any atom is 0.177 e. The van der Waals surface area contributed by atoms with Gasteiger partial charge in [0.15, 0.2) is 11.6 Å². The van der Waals surface area contributed by atoms with Gasteiger partial charge in [-0.15, -0.1) is 10.2 Å². The number of nitrogens with one attached hydrogen (secondary N) is 2. The number of benzene rings is 4. The maximum absolute atomic E-state index is 6.17. The highest BCUT2D eigenvalue weighted by molar-refractivity contribution is 7.99. The predicted molar refractivity (Wildman–Crippen MR) is 167 cm³/mol. The van der Waals surface area contributed by atoms with Crippen LogP contribution in [0, 0.1) is 6.92 Å². The summed E-state index contributed by atoms with van der Waals surface area (Å²) < 4.78 is 0. The van der Waals surface area contributed by atoms with Crippen LogP contribution in [0.5, 0.6) is 0 Å². The van der Waals surface area contributed by atoms with Crippen molar-refractivity contribution in [2.75, 3.05) is 11.1 Å². The molecule has 7 nitrogen and oxygen atoms in total. The number of hydrogen-bond donors (Lipinski definition) is 3. The Balaban J connectivity index is 1.11. The van der Waals surface area contributed by atoms with Crippen molar-refractivity contribution in [3.8, 4) is 22.8 Å². The van der Waals surface area contributed by atoms with Gasteiger partial charge in [-0.25, -0.2) is 9.97 Å². The van der Waals surface area contributed by atoms with Crippen LogP contribution in [0.1, 0.15) is 5.56 Å². The van der Waals surface area contributed by atoms with E-state index >= 15 is 0 Å². The highest BCUT2D eigenvalue weighted by atomic mass is 32.2. The Morgan fingerprint density at radius 2 is 1.61 bits per heavy atom. The molecule has 198 valence electrons. The molecule has 0 fully saturated rings. The lowest BCUT2D eigenvalue weighted by molar-refractivity contribution is 1.05. The van der Waals surface area contributed by atoms with Gasteiger partial charge in [0.1, 0.15) is 10.7 Å². The van der Waals surface area contributed by atoms with E-state index in [1.165, 1.54) is 0 Å². The molecule has 3 aromatic heterocycles. The minimum Gasteiger partial charge on any atom is -0.398 e. The summed E-state index contributed by atoms with van der Waals surface area (Å²) in [4.78, 5) is 13.7. The van der Waals surface area contributed by atoms with E-state index in [0.717, 1.165) is 65.5 Å². The second kappa shape index (κ2) is 10.4. The fourth-order valence-electron chi connectivity index (χ4n) is 4.78. The Morgan fingerprint density at radius 3 is 2.44 bits per heavy atom. The summed E-state index contributed by atoms with van der Waals surface area (Å²) in [6, 6.07) is 34.5. The van der Waals surface area contributed by atoms with Gasteiger partial charge < -0.3 is 16.0 Å². The molecule has 4 N–H and O–H groups in total. The van der Waals surface area contributed by atoms with E-state index in [9.17, 15) is 0 Å². The topological polar surface area (TPSA) is 105 Å². The maximum atomic E-state index is 6.17. The molecular weight excluding hydrogens is 526 g/mol. The first-order valence-corrected chi connectivity index (χ1v) is 14.0. The van der Waals surface area contributed by atoms with Gasteiger partial charge in [-0.1, -0.05) is 66.4 Å². The number of H-pyrrole nitrogens is 1. The van der Waals surface area contributed by atoms with Crippen LogP contribution in [-0.4, -0.2) is 25.1 Å². The van der Waals surface area contributed by atoms with Gasteiger partial charge in [-0.05, 0) is 61.0 Å². The molecule has 0 atom stereocenters. The molecule has 0 spiro atoms. The van der Waals surface area contributed by atoms with Crippen LogP contribution in [0.3, 0.4) is 0 Å². The third kappa shape index (κ3) is 4.97. The number of nitrogen functional groups attached to an aromatic ring is 1. The van der Waals surface area contributed by atoms with Crippen molar-refractivity contribution >= 4 is 50.6 Å². The fraction of sp³-hybridized carbons (Fsp3) is 0.0303. The lowest BCUT2D eigenvalue weighted by Gasteiger charge is -2.12. The standard InChI is InChI=1S/C33H25N7S/c1-20-10-11-22(18-27(20)34)31-25-7-3-4-8-26(25)32(40-39-31)36-23-12-14-24(15-13-23)41-30-16-17-35-33(38-30)29-19-21-6-2-5-9-28(21)37-29/h2-19,37H,34H2,1H3,(H,36,40). The smallest absolute Gasteiger partial charge is 0.177 e. The minimum absolute atomic E-state index is 0.673. The molecule has 8 heteroatoms. The van der Waals surface area contributed by atoms with Crippen LogP contribution in [-0.2, 0) is 0 Å². The quantitative estimate of drug-likeness (QED) is 0.142. The monoisotopic (exact) mass is 551 g/mol. The normalized spacial score (nSPS) is 11.2. The molecule has 0 radical (unpaired) electrons.